The molecule has 3 N–H and O–H groups in total. The lowest BCUT2D eigenvalue weighted by Gasteiger charge is -2.13. The first-order valence-electron chi connectivity index (χ1n) is 7.79. The first-order valence-corrected chi connectivity index (χ1v) is 9.27. The van der Waals surface area contributed by atoms with E-state index in [-0.39, 0.29) is 16.9 Å². The normalized spacial score (nSPS) is 9.92. The van der Waals surface area contributed by atoms with Gasteiger partial charge in [-0.3, -0.25) is 14.9 Å². The number of carbonyl (C=O) groups excluding carboxylic acids is 2. The van der Waals surface area contributed by atoms with E-state index in [0.29, 0.717) is 23.4 Å². The average Bonchev–Trinajstić information content (AvgIpc) is 2.62. The number of hydrogen-bond acceptors (Lipinski definition) is 3. The van der Waals surface area contributed by atoms with E-state index in [2.05, 4.69) is 45.1 Å². The Morgan fingerprint density at radius 3 is 2.62 bits per heavy atom. The van der Waals surface area contributed by atoms with Gasteiger partial charge < -0.3 is 10.6 Å². The first kappa shape index (κ1) is 20.1. The van der Waals surface area contributed by atoms with Crippen molar-refractivity contribution in [2.45, 2.75) is 6.92 Å². The molecule has 0 bridgehead atoms. The molecule has 134 valence electrons. The highest BCUT2D eigenvalue weighted by Crippen LogP contribution is 2.16. The molecule has 0 aliphatic carbocycles. The quantitative estimate of drug-likeness (QED) is 0.348. The van der Waals surface area contributed by atoms with Gasteiger partial charge in [-0.1, -0.05) is 24.3 Å². The van der Waals surface area contributed by atoms with Crippen molar-refractivity contribution in [1.29, 1.82) is 0 Å². The maximum Gasteiger partial charge on any atom is 0.257 e. The van der Waals surface area contributed by atoms with Crippen molar-refractivity contribution < 1.29 is 9.59 Å². The molecule has 0 radical (unpaired) electrons. The number of carbonyl (C=O) groups is 2. The molecule has 0 spiro atoms. The van der Waals surface area contributed by atoms with Gasteiger partial charge in [0, 0.05) is 15.7 Å². The zero-order valence-electron chi connectivity index (χ0n) is 14.1. The van der Waals surface area contributed by atoms with Crippen LogP contribution >= 0.6 is 34.8 Å². The standard InChI is InChI=1S/C19H18IN3O2S/c1-3-10-21-18(25)14-6-4-5-7-16(14)22-19(26)23-17(24)13-9-8-12(2)15(20)11-13/h3-9,11H,1,10H2,2H3,(H,21,25)(H2,22,23,24,26). The van der Waals surface area contributed by atoms with E-state index in [1.165, 1.54) is 0 Å². The number of benzene rings is 2. The fourth-order valence-corrected chi connectivity index (χ4v) is 2.83. The number of thiocarbonyl (C=S) groups is 1. The van der Waals surface area contributed by atoms with Crippen LogP contribution < -0.4 is 16.0 Å². The predicted molar refractivity (Wildman–Crippen MR) is 117 cm³/mol. The second-order valence-electron chi connectivity index (χ2n) is 5.42. The number of hydrogen-bond donors (Lipinski definition) is 3. The van der Waals surface area contributed by atoms with Gasteiger partial charge in [-0.15, -0.1) is 6.58 Å². The van der Waals surface area contributed by atoms with Crippen LogP contribution in [0.5, 0.6) is 0 Å². The highest BCUT2D eigenvalue weighted by molar-refractivity contribution is 14.1. The Balaban J connectivity index is 2.08. The summed E-state index contributed by atoms with van der Waals surface area (Å²) in [6, 6.07) is 12.3. The van der Waals surface area contributed by atoms with Crippen LogP contribution in [0.15, 0.2) is 55.1 Å². The van der Waals surface area contributed by atoms with Gasteiger partial charge in [-0.25, -0.2) is 0 Å². The monoisotopic (exact) mass is 479 g/mol. The molecule has 7 heteroatoms. The molecule has 0 unspecified atom stereocenters. The zero-order valence-corrected chi connectivity index (χ0v) is 17.1. The van der Waals surface area contributed by atoms with Crippen molar-refractivity contribution in [2.24, 2.45) is 0 Å². The Morgan fingerprint density at radius 1 is 1.19 bits per heavy atom. The van der Waals surface area contributed by atoms with Gasteiger partial charge in [-0.2, -0.15) is 0 Å². The third kappa shape index (κ3) is 5.37. The van der Waals surface area contributed by atoms with Crippen LogP contribution in [0, 0.1) is 10.5 Å². The third-order valence-corrected chi connectivity index (χ3v) is 4.85. The first-order chi connectivity index (χ1) is 12.4. The van der Waals surface area contributed by atoms with E-state index in [1.807, 2.05) is 13.0 Å². The van der Waals surface area contributed by atoms with E-state index in [4.69, 9.17) is 12.2 Å². The maximum absolute atomic E-state index is 12.3. The van der Waals surface area contributed by atoms with Crippen molar-refractivity contribution >= 4 is 57.4 Å². The van der Waals surface area contributed by atoms with Crippen molar-refractivity contribution in [3.05, 3.63) is 75.4 Å². The molecule has 0 heterocycles. The highest BCUT2D eigenvalue weighted by atomic mass is 127. The Kier molecular flexibility index (Phi) is 7.28. The van der Waals surface area contributed by atoms with Crippen LogP contribution in [0.4, 0.5) is 5.69 Å². The highest BCUT2D eigenvalue weighted by Gasteiger charge is 2.13. The minimum atomic E-state index is -0.311. The summed E-state index contributed by atoms with van der Waals surface area (Å²) in [5, 5.41) is 8.37. The average molecular weight is 479 g/mol. The van der Waals surface area contributed by atoms with Crippen LogP contribution in [0.25, 0.3) is 0 Å². The zero-order chi connectivity index (χ0) is 19.1. The van der Waals surface area contributed by atoms with Crippen molar-refractivity contribution in [2.75, 3.05) is 11.9 Å². The van der Waals surface area contributed by atoms with Gasteiger partial charge in [0.2, 0.25) is 0 Å². The SMILES string of the molecule is C=CCNC(=O)c1ccccc1NC(=S)NC(=O)c1ccc(C)c(I)c1. The smallest absolute Gasteiger partial charge is 0.257 e. The molecule has 2 amide bonds. The minimum Gasteiger partial charge on any atom is -0.349 e. The molecular weight excluding hydrogens is 461 g/mol. The number of nitrogens with one attached hydrogen (secondary N) is 3. The summed E-state index contributed by atoms with van der Waals surface area (Å²) < 4.78 is 0.998. The van der Waals surface area contributed by atoms with Gasteiger partial charge in [0.25, 0.3) is 11.8 Å². The molecule has 2 rings (SSSR count). The van der Waals surface area contributed by atoms with Crippen LogP contribution in [-0.2, 0) is 0 Å². The molecular formula is C19H18IN3O2S. The summed E-state index contributed by atoms with van der Waals surface area (Å²) in [6.45, 7) is 5.91. The third-order valence-electron chi connectivity index (χ3n) is 3.49. The summed E-state index contributed by atoms with van der Waals surface area (Å²) in [5.74, 6) is -0.566. The van der Waals surface area contributed by atoms with E-state index in [0.717, 1.165) is 9.13 Å². The fourth-order valence-electron chi connectivity index (χ4n) is 2.11. The Hall–Kier alpha value is -2.26. The molecule has 0 atom stereocenters. The Labute approximate surface area is 171 Å². The Morgan fingerprint density at radius 2 is 1.92 bits per heavy atom. The fraction of sp³-hybridized carbons (Fsp3) is 0.105. The van der Waals surface area contributed by atoms with Crippen molar-refractivity contribution in [3.8, 4) is 0 Å². The second kappa shape index (κ2) is 9.44. The molecule has 0 fully saturated rings. The molecule has 0 saturated heterocycles. The Bertz CT molecular complexity index is 868. The lowest BCUT2D eigenvalue weighted by molar-refractivity contribution is 0.0956. The van der Waals surface area contributed by atoms with Crippen molar-refractivity contribution in [3.63, 3.8) is 0 Å². The molecule has 2 aromatic rings. The van der Waals surface area contributed by atoms with Gasteiger partial charge in [0.1, 0.15) is 0 Å². The van der Waals surface area contributed by atoms with Crippen LogP contribution in [0.1, 0.15) is 26.3 Å². The number of amides is 2. The van der Waals surface area contributed by atoms with Crippen LogP contribution in [-0.4, -0.2) is 23.5 Å². The number of rotatable bonds is 5. The van der Waals surface area contributed by atoms with Crippen molar-refractivity contribution in [1.82, 2.24) is 10.6 Å². The number of aryl methyl sites for hydroxylation is 1. The van der Waals surface area contributed by atoms with Gasteiger partial charge in [0.05, 0.1) is 11.3 Å². The largest absolute Gasteiger partial charge is 0.349 e. The summed E-state index contributed by atoms with van der Waals surface area (Å²) in [5.41, 5.74) is 2.55. The van der Waals surface area contributed by atoms with E-state index in [9.17, 15) is 9.59 Å². The molecule has 0 saturated carbocycles. The number of anilines is 1. The number of para-hydroxylation sites is 1. The second-order valence-corrected chi connectivity index (χ2v) is 6.99. The summed E-state index contributed by atoms with van der Waals surface area (Å²) in [7, 11) is 0. The van der Waals surface area contributed by atoms with Gasteiger partial charge in [-0.05, 0) is 71.6 Å². The topological polar surface area (TPSA) is 70.2 Å². The molecule has 2 aromatic carbocycles. The van der Waals surface area contributed by atoms with Gasteiger partial charge in [0.15, 0.2) is 5.11 Å². The van der Waals surface area contributed by atoms with Crippen LogP contribution in [0.2, 0.25) is 0 Å². The van der Waals surface area contributed by atoms with Crippen LogP contribution in [0.3, 0.4) is 0 Å². The lowest BCUT2D eigenvalue weighted by atomic mass is 10.1. The lowest BCUT2D eigenvalue weighted by Crippen LogP contribution is -2.35. The number of halogens is 1. The van der Waals surface area contributed by atoms with Gasteiger partial charge >= 0.3 is 0 Å². The molecule has 26 heavy (non-hydrogen) atoms. The minimum absolute atomic E-state index is 0.120. The maximum atomic E-state index is 12.3. The molecule has 5 nitrogen and oxygen atoms in total. The van der Waals surface area contributed by atoms with E-state index >= 15 is 0 Å². The summed E-state index contributed by atoms with van der Waals surface area (Å²) in [4.78, 5) is 24.5. The molecule has 0 aromatic heterocycles. The predicted octanol–water partition coefficient (Wildman–Crippen LogP) is 3.64. The van der Waals surface area contributed by atoms with E-state index in [1.54, 1.807) is 42.5 Å². The molecule has 0 aliphatic rings. The summed E-state index contributed by atoms with van der Waals surface area (Å²) >= 11 is 7.39. The molecule has 0 aliphatic heterocycles. The summed E-state index contributed by atoms with van der Waals surface area (Å²) in [6.07, 6.45) is 1.60. The van der Waals surface area contributed by atoms with E-state index < -0.39 is 0 Å².